The van der Waals surface area contributed by atoms with Gasteiger partial charge in [-0.1, -0.05) is 0 Å². The average Bonchev–Trinajstić information content (AvgIpc) is 2.15. The van der Waals surface area contributed by atoms with Gasteiger partial charge in [-0.15, -0.1) is 0 Å². The highest BCUT2D eigenvalue weighted by Gasteiger charge is 2.14. The van der Waals surface area contributed by atoms with Crippen LogP contribution in [0, 0.1) is 0 Å². The summed E-state index contributed by atoms with van der Waals surface area (Å²) < 4.78 is 25.9. The fourth-order valence-corrected chi connectivity index (χ4v) is 2.38. The lowest BCUT2D eigenvalue weighted by atomic mass is 10.5. The fraction of sp³-hybridized carbons (Fsp3) is 0.250. The molecule has 0 bridgehead atoms. The van der Waals surface area contributed by atoms with Crippen LogP contribution in [0.1, 0.15) is 6.92 Å². The Morgan fingerprint density at radius 1 is 1.53 bits per heavy atom. The van der Waals surface area contributed by atoms with E-state index in [2.05, 4.69) is 25.6 Å². The number of Topliss-reactive ketones (excluding diaryl/α,β-unsaturated/α-hetero) is 1. The second-order valence-electron chi connectivity index (χ2n) is 2.87. The van der Waals surface area contributed by atoms with Crippen LogP contribution in [0.3, 0.4) is 0 Å². The lowest BCUT2D eigenvalue weighted by Gasteiger charge is -2.04. The zero-order chi connectivity index (χ0) is 11.5. The van der Waals surface area contributed by atoms with Gasteiger partial charge in [0.25, 0.3) is 0 Å². The van der Waals surface area contributed by atoms with Gasteiger partial charge in [0.05, 0.1) is 6.54 Å². The number of hydrogen-bond donors (Lipinski definition) is 1. The highest BCUT2D eigenvalue weighted by Crippen LogP contribution is 2.13. The number of rotatable bonds is 4. The predicted molar refractivity (Wildman–Crippen MR) is 57.8 cm³/mol. The summed E-state index contributed by atoms with van der Waals surface area (Å²) in [7, 11) is -3.64. The Bertz CT molecular complexity index is 473. The molecule has 1 rings (SSSR count). The molecule has 0 aliphatic heterocycles. The van der Waals surface area contributed by atoms with Crippen molar-refractivity contribution in [2.24, 2.45) is 0 Å². The Balaban J connectivity index is 2.91. The highest BCUT2D eigenvalue weighted by atomic mass is 79.9. The third-order valence-electron chi connectivity index (χ3n) is 1.50. The number of ketones is 1. The van der Waals surface area contributed by atoms with Crippen LogP contribution >= 0.6 is 15.9 Å². The van der Waals surface area contributed by atoms with Gasteiger partial charge in [-0.2, -0.15) is 0 Å². The normalized spacial score (nSPS) is 11.3. The van der Waals surface area contributed by atoms with Crippen LogP contribution in [0.4, 0.5) is 0 Å². The SMILES string of the molecule is CC(=O)CNS(=O)(=O)c1cncc(Br)c1. The van der Waals surface area contributed by atoms with Gasteiger partial charge in [0, 0.05) is 16.9 Å². The van der Waals surface area contributed by atoms with Gasteiger partial charge in [-0.05, 0) is 28.9 Å². The molecule has 15 heavy (non-hydrogen) atoms. The van der Waals surface area contributed by atoms with E-state index in [1.165, 1.54) is 25.4 Å². The molecule has 1 heterocycles. The maximum absolute atomic E-state index is 11.6. The molecule has 1 N–H and O–H groups in total. The first-order valence-corrected chi connectivity index (χ1v) is 6.29. The molecule has 0 spiro atoms. The molecule has 7 heteroatoms. The van der Waals surface area contributed by atoms with Gasteiger partial charge in [0.15, 0.2) is 0 Å². The summed E-state index contributed by atoms with van der Waals surface area (Å²) in [5.74, 6) is -0.249. The van der Waals surface area contributed by atoms with Crippen LogP contribution in [-0.2, 0) is 14.8 Å². The van der Waals surface area contributed by atoms with Crippen molar-refractivity contribution in [3.8, 4) is 0 Å². The second-order valence-corrected chi connectivity index (χ2v) is 5.55. The van der Waals surface area contributed by atoms with Gasteiger partial charge < -0.3 is 0 Å². The lowest BCUT2D eigenvalue weighted by molar-refractivity contribution is -0.115. The number of pyridine rings is 1. The first kappa shape index (κ1) is 12.3. The zero-order valence-corrected chi connectivity index (χ0v) is 10.3. The Hall–Kier alpha value is -0.790. The van der Waals surface area contributed by atoms with Crippen molar-refractivity contribution in [3.63, 3.8) is 0 Å². The largest absolute Gasteiger partial charge is 0.299 e. The Morgan fingerprint density at radius 2 is 2.20 bits per heavy atom. The minimum Gasteiger partial charge on any atom is -0.299 e. The summed E-state index contributed by atoms with van der Waals surface area (Å²) in [6.45, 7) is 1.09. The van der Waals surface area contributed by atoms with Crippen molar-refractivity contribution in [2.75, 3.05) is 6.54 Å². The van der Waals surface area contributed by atoms with E-state index in [4.69, 9.17) is 0 Å². The van der Waals surface area contributed by atoms with Crippen LogP contribution in [0.25, 0.3) is 0 Å². The van der Waals surface area contributed by atoms with Crippen LogP contribution in [-0.4, -0.2) is 25.7 Å². The minimum atomic E-state index is -3.64. The smallest absolute Gasteiger partial charge is 0.242 e. The molecule has 1 aromatic rings. The van der Waals surface area contributed by atoms with Crippen molar-refractivity contribution in [2.45, 2.75) is 11.8 Å². The van der Waals surface area contributed by atoms with Crippen molar-refractivity contribution in [1.82, 2.24) is 9.71 Å². The highest BCUT2D eigenvalue weighted by molar-refractivity contribution is 9.10. The van der Waals surface area contributed by atoms with Crippen LogP contribution < -0.4 is 4.72 Å². The first-order chi connectivity index (χ1) is 6.92. The van der Waals surface area contributed by atoms with E-state index < -0.39 is 10.0 Å². The minimum absolute atomic E-state index is 0.0260. The monoisotopic (exact) mass is 292 g/mol. The van der Waals surface area contributed by atoms with Crippen molar-refractivity contribution in [3.05, 3.63) is 22.9 Å². The Kier molecular flexibility index (Phi) is 3.95. The molecular formula is C8H9BrN2O3S. The molecule has 1 aromatic heterocycles. The molecule has 0 aliphatic carbocycles. The van der Waals surface area contributed by atoms with Gasteiger partial charge >= 0.3 is 0 Å². The third kappa shape index (κ3) is 3.69. The van der Waals surface area contributed by atoms with E-state index in [9.17, 15) is 13.2 Å². The topological polar surface area (TPSA) is 76.1 Å². The summed E-state index contributed by atoms with van der Waals surface area (Å²) in [6, 6.07) is 1.41. The van der Waals surface area contributed by atoms with E-state index in [1.54, 1.807) is 0 Å². The van der Waals surface area contributed by atoms with Crippen LogP contribution in [0.5, 0.6) is 0 Å². The maximum atomic E-state index is 11.6. The molecule has 0 unspecified atom stereocenters. The molecule has 0 fully saturated rings. The first-order valence-electron chi connectivity index (χ1n) is 4.01. The van der Waals surface area contributed by atoms with E-state index >= 15 is 0 Å². The molecule has 0 saturated carbocycles. The van der Waals surface area contributed by atoms with Crippen molar-refractivity contribution < 1.29 is 13.2 Å². The predicted octanol–water partition coefficient (Wildman–Crippen LogP) is 0.711. The molecule has 0 aliphatic rings. The fourth-order valence-electron chi connectivity index (χ4n) is 0.819. The van der Waals surface area contributed by atoms with Gasteiger partial charge in [0.1, 0.15) is 10.7 Å². The van der Waals surface area contributed by atoms with E-state index in [0.29, 0.717) is 4.47 Å². The molecule has 5 nitrogen and oxygen atoms in total. The number of carbonyl (C=O) groups excluding carboxylic acids is 1. The average molecular weight is 293 g/mol. The molecule has 0 saturated heterocycles. The quantitative estimate of drug-likeness (QED) is 0.887. The van der Waals surface area contributed by atoms with Gasteiger partial charge in [0.2, 0.25) is 10.0 Å². The molecule has 0 amide bonds. The third-order valence-corrected chi connectivity index (χ3v) is 3.30. The second kappa shape index (κ2) is 4.82. The standard InChI is InChI=1S/C8H9BrN2O3S/c1-6(12)3-11-15(13,14)8-2-7(9)4-10-5-8/h2,4-5,11H,3H2,1H3. The van der Waals surface area contributed by atoms with Gasteiger partial charge in [-0.3, -0.25) is 9.78 Å². The Labute approximate surface area is 96.1 Å². The van der Waals surface area contributed by atoms with Crippen LogP contribution in [0.15, 0.2) is 27.8 Å². The number of aromatic nitrogens is 1. The number of halogens is 1. The summed E-state index contributed by atoms with van der Waals surface area (Å²) in [6.07, 6.45) is 2.69. The summed E-state index contributed by atoms with van der Waals surface area (Å²) in [5, 5.41) is 0. The number of nitrogens with one attached hydrogen (secondary N) is 1. The zero-order valence-electron chi connectivity index (χ0n) is 7.90. The van der Waals surface area contributed by atoms with Crippen molar-refractivity contribution >= 4 is 31.7 Å². The van der Waals surface area contributed by atoms with Crippen LogP contribution in [0.2, 0.25) is 0 Å². The molecule has 82 valence electrons. The number of nitrogens with zero attached hydrogens (tertiary/aromatic N) is 1. The summed E-state index contributed by atoms with van der Waals surface area (Å²) in [5.41, 5.74) is 0. The van der Waals surface area contributed by atoms with E-state index in [1.807, 2.05) is 0 Å². The van der Waals surface area contributed by atoms with E-state index in [0.717, 1.165) is 0 Å². The van der Waals surface area contributed by atoms with Gasteiger partial charge in [-0.25, -0.2) is 13.1 Å². The molecule has 0 atom stereocenters. The summed E-state index contributed by atoms with van der Waals surface area (Å²) in [4.78, 5) is 14.4. The van der Waals surface area contributed by atoms with E-state index in [-0.39, 0.29) is 17.2 Å². The Morgan fingerprint density at radius 3 is 2.73 bits per heavy atom. The number of hydrogen-bond acceptors (Lipinski definition) is 4. The maximum Gasteiger partial charge on any atom is 0.242 e. The molecular weight excluding hydrogens is 284 g/mol. The lowest BCUT2D eigenvalue weighted by Crippen LogP contribution is -2.28. The van der Waals surface area contributed by atoms with Crippen molar-refractivity contribution in [1.29, 1.82) is 0 Å². The number of sulfonamides is 1. The number of carbonyl (C=O) groups is 1. The summed E-state index contributed by atoms with van der Waals surface area (Å²) >= 11 is 3.11. The molecule has 0 aromatic carbocycles. The molecule has 0 radical (unpaired) electrons.